The number of aliphatic imine (C=N–C) groups is 1. The van der Waals surface area contributed by atoms with E-state index < -0.39 is 12.0 Å². The number of aromatic nitrogens is 1. The van der Waals surface area contributed by atoms with E-state index in [0.29, 0.717) is 11.1 Å². The number of hydrogen-bond acceptors (Lipinski definition) is 8. The maximum Gasteiger partial charge on any atom is 0.270 e. The summed E-state index contributed by atoms with van der Waals surface area (Å²) in [6, 6.07) is 6.68. The lowest BCUT2D eigenvalue weighted by Gasteiger charge is -2.26. The van der Waals surface area contributed by atoms with E-state index in [1.54, 1.807) is 6.19 Å². The Morgan fingerprint density at radius 2 is 1.89 bits per heavy atom. The first kappa shape index (κ1) is 17.9. The van der Waals surface area contributed by atoms with Gasteiger partial charge in [-0.1, -0.05) is 24.3 Å². The second-order valence-electron chi connectivity index (χ2n) is 5.91. The predicted molar refractivity (Wildman–Crippen MR) is 95.4 cm³/mol. The molecular formula is C17H14F2N8. The van der Waals surface area contributed by atoms with Crippen LogP contribution >= 0.6 is 0 Å². The quantitative estimate of drug-likeness (QED) is 0.469. The molecule has 2 aromatic rings. The third-order valence-electron chi connectivity index (χ3n) is 4.09. The molecule has 1 aliphatic heterocycles. The molecule has 0 fully saturated rings. The topological polar surface area (TPSA) is 149 Å². The number of nitrogens with one attached hydrogen (secondary N) is 2. The zero-order valence-corrected chi connectivity index (χ0v) is 14.1. The number of halogens is 2. The van der Waals surface area contributed by atoms with Gasteiger partial charge < -0.3 is 16.8 Å². The maximum atomic E-state index is 13.5. The highest BCUT2D eigenvalue weighted by Gasteiger charge is 2.30. The Hall–Kier alpha value is -3.92. The molecule has 27 heavy (non-hydrogen) atoms. The van der Waals surface area contributed by atoms with Crippen LogP contribution in [-0.4, -0.2) is 10.9 Å². The van der Waals surface area contributed by atoms with Gasteiger partial charge in [0.25, 0.3) is 5.92 Å². The number of guanidine groups is 1. The van der Waals surface area contributed by atoms with Crippen LogP contribution in [0, 0.1) is 22.8 Å². The summed E-state index contributed by atoms with van der Waals surface area (Å²) < 4.78 is 26.9. The Kier molecular flexibility index (Phi) is 4.26. The number of pyridine rings is 1. The Balaban J connectivity index is 2.17. The van der Waals surface area contributed by atoms with Crippen molar-refractivity contribution in [2.24, 2.45) is 4.99 Å². The number of benzene rings is 1. The molecule has 0 spiro atoms. The van der Waals surface area contributed by atoms with Crippen LogP contribution in [0.4, 0.5) is 26.1 Å². The highest BCUT2D eigenvalue weighted by molar-refractivity contribution is 5.98. The molecule has 1 aliphatic rings. The Bertz CT molecular complexity index is 1010. The van der Waals surface area contributed by atoms with Crippen LogP contribution in [0.15, 0.2) is 29.3 Å². The van der Waals surface area contributed by atoms with Crippen molar-refractivity contribution in [1.29, 1.82) is 10.5 Å². The third kappa shape index (κ3) is 3.16. The minimum absolute atomic E-state index is 0.00385. The summed E-state index contributed by atoms with van der Waals surface area (Å²) >= 11 is 0. The van der Waals surface area contributed by atoms with Crippen LogP contribution in [0.2, 0.25) is 0 Å². The van der Waals surface area contributed by atoms with Crippen LogP contribution in [0.3, 0.4) is 0 Å². The minimum Gasteiger partial charge on any atom is -0.397 e. The minimum atomic E-state index is -2.98. The zero-order chi connectivity index (χ0) is 19.8. The number of nitrogens with zero attached hydrogens (tertiary/aromatic N) is 4. The SMILES string of the molecule is CC(F)(F)c1ccc(C2N=C(NC#N)Nc3nc(N)c(C#N)c(N)c32)cc1. The summed E-state index contributed by atoms with van der Waals surface area (Å²) in [5, 5.41) is 23.3. The number of hydrogen-bond donors (Lipinski definition) is 4. The molecule has 1 unspecified atom stereocenters. The lowest BCUT2D eigenvalue weighted by atomic mass is 9.94. The van der Waals surface area contributed by atoms with Gasteiger partial charge in [0.1, 0.15) is 29.3 Å². The molecule has 8 nitrogen and oxygen atoms in total. The fourth-order valence-corrected chi connectivity index (χ4v) is 2.78. The van der Waals surface area contributed by atoms with E-state index in [1.807, 2.05) is 6.07 Å². The molecule has 2 heterocycles. The van der Waals surface area contributed by atoms with Gasteiger partial charge >= 0.3 is 0 Å². The Morgan fingerprint density at radius 1 is 1.22 bits per heavy atom. The number of nitrogens with two attached hydrogens (primary N) is 2. The van der Waals surface area contributed by atoms with Gasteiger partial charge in [-0.15, -0.1) is 0 Å². The van der Waals surface area contributed by atoms with Gasteiger partial charge in [0.15, 0.2) is 6.19 Å². The monoisotopic (exact) mass is 368 g/mol. The summed E-state index contributed by atoms with van der Waals surface area (Å²) in [6.07, 6.45) is 1.74. The van der Waals surface area contributed by atoms with Crippen molar-refractivity contribution in [2.75, 3.05) is 16.8 Å². The van der Waals surface area contributed by atoms with Gasteiger partial charge in [-0.25, -0.2) is 18.8 Å². The Morgan fingerprint density at radius 3 is 2.44 bits per heavy atom. The predicted octanol–water partition coefficient (Wildman–Crippen LogP) is 2.17. The highest BCUT2D eigenvalue weighted by atomic mass is 19.3. The fraction of sp³-hybridized carbons (Fsp3) is 0.176. The van der Waals surface area contributed by atoms with E-state index in [4.69, 9.17) is 16.7 Å². The van der Waals surface area contributed by atoms with Crippen LogP contribution in [0.25, 0.3) is 0 Å². The summed E-state index contributed by atoms with van der Waals surface area (Å²) in [7, 11) is 0. The van der Waals surface area contributed by atoms with Crippen molar-refractivity contribution in [2.45, 2.75) is 18.9 Å². The molecule has 0 radical (unpaired) electrons. The van der Waals surface area contributed by atoms with Crippen molar-refractivity contribution < 1.29 is 8.78 Å². The lowest BCUT2D eigenvalue weighted by Crippen LogP contribution is -2.32. The van der Waals surface area contributed by atoms with E-state index in [2.05, 4.69) is 20.6 Å². The van der Waals surface area contributed by atoms with Crippen LogP contribution in [0.5, 0.6) is 0 Å². The van der Waals surface area contributed by atoms with Crippen LogP contribution in [0.1, 0.15) is 35.2 Å². The molecule has 1 atom stereocenters. The fourth-order valence-electron chi connectivity index (χ4n) is 2.78. The number of rotatable bonds is 2. The van der Waals surface area contributed by atoms with Gasteiger partial charge in [0, 0.05) is 18.1 Å². The Labute approximate surface area is 153 Å². The zero-order valence-electron chi connectivity index (χ0n) is 14.1. The van der Waals surface area contributed by atoms with Gasteiger partial charge in [0.05, 0.1) is 5.69 Å². The summed E-state index contributed by atoms with van der Waals surface area (Å²) in [6.45, 7) is 0.804. The number of nitrogen functional groups attached to an aromatic ring is 2. The average molecular weight is 368 g/mol. The highest BCUT2D eigenvalue weighted by Crippen LogP contribution is 2.40. The molecule has 6 N–H and O–H groups in total. The number of alkyl halides is 2. The van der Waals surface area contributed by atoms with E-state index in [-0.39, 0.29) is 34.4 Å². The summed E-state index contributed by atoms with van der Waals surface area (Å²) in [5.41, 5.74) is 12.7. The lowest BCUT2D eigenvalue weighted by molar-refractivity contribution is 0.0174. The average Bonchev–Trinajstić information content (AvgIpc) is 2.61. The van der Waals surface area contributed by atoms with Gasteiger partial charge in [-0.3, -0.25) is 5.32 Å². The molecule has 0 bridgehead atoms. The van der Waals surface area contributed by atoms with Gasteiger partial charge in [-0.2, -0.15) is 10.5 Å². The van der Waals surface area contributed by atoms with Crippen LogP contribution in [-0.2, 0) is 5.92 Å². The van der Waals surface area contributed by atoms with Crippen molar-refractivity contribution in [3.63, 3.8) is 0 Å². The molecule has 0 aliphatic carbocycles. The second-order valence-corrected chi connectivity index (χ2v) is 5.91. The van der Waals surface area contributed by atoms with E-state index >= 15 is 0 Å². The molecule has 3 rings (SSSR count). The van der Waals surface area contributed by atoms with Crippen molar-refractivity contribution >= 4 is 23.3 Å². The largest absolute Gasteiger partial charge is 0.397 e. The smallest absolute Gasteiger partial charge is 0.270 e. The number of anilines is 3. The molecule has 136 valence electrons. The third-order valence-corrected chi connectivity index (χ3v) is 4.09. The first-order valence-corrected chi connectivity index (χ1v) is 7.73. The molecule has 0 amide bonds. The molecule has 1 aromatic carbocycles. The van der Waals surface area contributed by atoms with Crippen LogP contribution < -0.4 is 22.1 Å². The van der Waals surface area contributed by atoms with Gasteiger partial charge in [-0.05, 0) is 5.56 Å². The molecule has 10 heteroatoms. The van der Waals surface area contributed by atoms with Crippen molar-refractivity contribution in [1.82, 2.24) is 10.3 Å². The van der Waals surface area contributed by atoms with Crippen molar-refractivity contribution in [3.8, 4) is 12.3 Å². The second kappa shape index (κ2) is 6.42. The molecule has 0 saturated heterocycles. The summed E-state index contributed by atoms with van der Waals surface area (Å²) in [5.74, 6) is -2.73. The van der Waals surface area contributed by atoms with E-state index in [1.165, 1.54) is 24.3 Å². The van der Waals surface area contributed by atoms with Gasteiger partial charge in [0.2, 0.25) is 5.96 Å². The maximum absolute atomic E-state index is 13.5. The number of nitriles is 2. The van der Waals surface area contributed by atoms with Crippen molar-refractivity contribution in [3.05, 3.63) is 46.5 Å². The number of fused-ring (bicyclic) bond motifs is 1. The normalized spacial score (nSPS) is 15.6. The standard InChI is InChI=1S/C17H14F2N8/c1-17(18,19)9-4-2-8(3-5-9)13-11-12(22)10(6-20)14(23)26-15(11)27-16(25-13)24-7-21/h2-5,13H,1H3,(H6,22,23,24,25,26,27). The van der Waals surface area contributed by atoms with E-state index in [9.17, 15) is 14.0 Å². The molecular weight excluding hydrogens is 354 g/mol. The first-order chi connectivity index (χ1) is 12.8. The van der Waals surface area contributed by atoms with E-state index in [0.717, 1.165) is 6.92 Å². The molecule has 0 saturated carbocycles. The molecule has 1 aromatic heterocycles. The summed E-state index contributed by atoms with van der Waals surface area (Å²) in [4.78, 5) is 8.48. The first-order valence-electron chi connectivity index (χ1n) is 7.73.